The van der Waals surface area contributed by atoms with Crippen molar-refractivity contribution in [3.05, 3.63) is 96.1 Å². The Morgan fingerprint density at radius 3 is 2.11 bits per heavy atom. The van der Waals surface area contributed by atoms with Gasteiger partial charge in [-0.2, -0.15) is 10.1 Å². The first kappa shape index (κ1) is 31.3. The molecule has 1 aromatic heterocycles. The highest BCUT2D eigenvalue weighted by molar-refractivity contribution is 7.92. The second-order valence-electron chi connectivity index (χ2n) is 9.48. The van der Waals surface area contributed by atoms with Crippen LogP contribution in [0.15, 0.2) is 94.9 Å². The summed E-state index contributed by atoms with van der Waals surface area (Å²) >= 11 is 1.25. The van der Waals surface area contributed by atoms with E-state index in [1.807, 2.05) is 12.1 Å². The van der Waals surface area contributed by atoms with E-state index >= 15 is 0 Å². The molecule has 0 atom stereocenters. The van der Waals surface area contributed by atoms with E-state index in [1.165, 1.54) is 79.5 Å². The van der Waals surface area contributed by atoms with Gasteiger partial charge < -0.3 is 18.9 Å². The molecule has 0 aliphatic rings. The van der Waals surface area contributed by atoms with Crippen molar-refractivity contribution in [3.8, 4) is 23.0 Å². The minimum Gasteiger partial charge on any atom is -0.497 e. The molecule has 0 spiro atoms. The fourth-order valence-corrected chi connectivity index (χ4v) is 6.57. The summed E-state index contributed by atoms with van der Waals surface area (Å²) in [6.07, 6.45) is 1.47. The number of rotatable bonds is 11. The van der Waals surface area contributed by atoms with E-state index < -0.39 is 15.9 Å². The van der Waals surface area contributed by atoms with Gasteiger partial charge in [0, 0.05) is 18.2 Å². The molecule has 0 fully saturated rings. The number of aromatic nitrogens is 1. The van der Waals surface area contributed by atoms with Crippen LogP contribution in [0.3, 0.4) is 0 Å². The van der Waals surface area contributed by atoms with Crippen LogP contribution in [0.2, 0.25) is 0 Å². The number of carbonyl (C=O) groups excluding carboxylic acids is 1. The first-order valence-corrected chi connectivity index (χ1v) is 15.7. The van der Waals surface area contributed by atoms with Crippen LogP contribution in [-0.2, 0) is 10.0 Å². The van der Waals surface area contributed by atoms with Gasteiger partial charge in [-0.1, -0.05) is 29.5 Å². The Hall–Kier alpha value is -5.14. The second-order valence-corrected chi connectivity index (χ2v) is 12.5. The molecule has 0 aliphatic carbocycles. The fraction of sp³-hybridized carbons (Fsp3) is 0.156. The summed E-state index contributed by atoms with van der Waals surface area (Å²) in [5.74, 6) is 1.37. The molecule has 232 valence electrons. The Morgan fingerprint density at radius 2 is 1.51 bits per heavy atom. The predicted molar refractivity (Wildman–Crippen MR) is 175 cm³/mol. The highest BCUT2D eigenvalue weighted by atomic mass is 32.2. The van der Waals surface area contributed by atoms with Crippen molar-refractivity contribution in [2.45, 2.75) is 4.90 Å². The Labute approximate surface area is 264 Å². The van der Waals surface area contributed by atoms with Gasteiger partial charge in [-0.25, -0.2) is 13.4 Å². The summed E-state index contributed by atoms with van der Waals surface area (Å²) in [5, 5.41) is 5.99. The maximum absolute atomic E-state index is 14.0. The van der Waals surface area contributed by atoms with Crippen molar-refractivity contribution in [1.82, 2.24) is 4.98 Å². The number of thiazole rings is 1. The number of methoxy groups -OCH3 is 4. The van der Waals surface area contributed by atoms with Crippen LogP contribution in [0, 0.1) is 0 Å². The summed E-state index contributed by atoms with van der Waals surface area (Å²) in [4.78, 5) is 18.6. The molecule has 0 saturated carbocycles. The zero-order chi connectivity index (χ0) is 32.1. The summed E-state index contributed by atoms with van der Waals surface area (Å²) < 4.78 is 50.2. The largest absolute Gasteiger partial charge is 0.497 e. The van der Waals surface area contributed by atoms with E-state index in [-0.39, 0.29) is 10.5 Å². The lowest BCUT2D eigenvalue weighted by molar-refractivity contribution is 0.0987. The highest BCUT2D eigenvalue weighted by Gasteiger charge is 2.25. The lowest BCUT2D eigenvalue weighted by Gasteiger charge is -2.20. The number of hydrogen-bond acceptors (Lipinski definition) is 10. The molecule has 45 heavy (non-hydrogen) atoms. The maximum Gasteiger partial charge on any atom is 0.280 e. The molecule has 0 bridgehead atoms. The third-order valence-corrected chi connectivity index (χ3v) is 9.64. The third kappa shape index (κ3) is 6.40. The van der Waals surface area contributed by atoms with Crippen LogP contribution in [-0.4, -0.2) is 61.0 Å². The molecule has 0 N–H and O–H groups in total. The van der Waals surface area contributed by atoms with E-state index in [9.17, 15) is 13.2 Å². The molecule has 0 aliphatic heterocycles. The van der Waals surface area contributed by atoms with Gasteiger partial charge in [0.05, 0.1) is 55.5 Å². The Kier molecular flexibility index (Phi) is 9.21. The molecule has 0 radical (unpaired) electrons. The molecule has 13 heteroatoms. The number of fused-ring (bicyclic) bond motifs is 1. The van der Waals surface area contributed by atoms with Crippen molar-refractivity contribution in [3.63, 3.8) is 0 Å². The number of amides is 1. The van der Waals surface area contributed by atoms with Crippen molar-refractivity contribution < 1.29 is 32.2 Å². The number of para-hydroxylation sites is 1. The number of benzene rings is 4. The Bertz CT molecular complexity index is 1940. The third-order valence-electron chi connectivity index (χ3n) is 6.85. The van der Waals surface area contributed by atoms with E-state index in [4.69, 9.17) is 18.9 Å². The molecule has 1 heterocycles. The van der Waals surface area contributed by atoms with Gasteiger partial charge in [0.2, 0.25) is 10.9 Å². The average molecular weight is 647 g/mol. The smallest absolute Gasteiger partial charge is 0.280 e. The lowest BCUT2D eigenvalue weighted by Crippen LogP contribution is -2.27. The molecule has 0 unspecified atom stereocenters. The van der Waals surface area contributed by atoms with Crippen molar-refractivity contribution in [1.29, 1.82) is 0 Å². The van der Waals surface area contributed by atoms with Crippen LogP contribution in [0.5, 0.6) is 23.0 Å². The monoisotopic (exact) mass is 646 g/mol. The van der Waals surface area contributed by atoms with E-state index in [1.54, 1.807) is 55.6 Å². The first-order valence-electron chi connectivity index (χ1n) is 13.5. The Balaban J connectivity index is 1.53. The Morgan fingerprint density at radius 1 is 0.844 bits per heavy atom. The normalized spacial score (nSPS) is 11.4. The number of ether oxygens (including phenoxy) is 4. The number of carbonyl (C=O) groups is 1. The van der Waals surface area contributed by atoms with Crippen LogP contribution in [0.4, 0.5) is 10.8 Å². The molecular formula is C32H30N4O7S2. The standard InChI is InChI=1S/C32H30N4O7S2/c1-35(23-9-7-6-8-10-23)45(38,39)25-14-11-22(12-15-25)31(37)36(32-34-26-16-13-24(40-2)19-29(26)44-32)33-20-21-17-27(41-3)30(43-5)28(18-21)42-4/h6-20H,1-5H3/b33-20+. The predicted octanol–water partition coefficient (Wildman–Crippen LogP) is 5.84. The lowest BCUT2D eigenvalue weighted by atomic mass is 10.2. The molecule has 4 aromatic carbocycles. The molecule has 5 aromatic rings. The van der Waals surface area contributed by atoms with Crippen LogP contribution in [0.1, 0.15) is 15.9 Å². The minimum atomic E-state index is -3.87. The van der Waals surface area contributed by atoms with E-state index in [2.05, 4.69) is 10.1 Å². The summed E-state index contributed by atoms with van der Waals surface area (Å²) in [7, 11) is 3.69. The molecule has 1 amide bonds. The van der Waals surface area contributed by atoms with Crippen LogP contribution >= 0.6 is 11.3 Å². The topological polar surface area (TPSA) is 120 Å². The van der Waals surface area contributed by atoms with Gasteiger partial charge in [-0.05, 0) is 66.7 Å². The van der Waals surface area contributed by atoms with Crippen molar-refractivity contribution in [2.75, 3.05) is 44.8 Å². The first-order chi connectivity index (χ1) is 21.7. The SMILES string of the molecule is COc1ccc2nc(N(/N=C/c3cc(OC)c(OC)c(OC)c3)C(=O)c3ccc(S(=O)(=O)N(C)c4ccccc4)cc3)sc2c1. The van der Waals surface area contributed by atoms with Crippen LogP contribution < -0.4 is 28.3 Å². The van der Waals surface area contributed by atoms with Crippen molar-refractivity contribution in [2.24, 2.45) is 5.10 Å². The number of sulfonamides is 1. The summed E-state index contributed by atoms with van der Waals surface area (Å²) in [5.41, 5.74) is 1.94. The quantitative estimate of drug-likeness (QED) is 0.130. The van der Waals surface area contributed by atoms with Gasteiger partial charge in [-0.15, -0.1) is 0 Å². The number of hydrazone groups is 1. The van der Waals surface area contributed by atoms with E-state index in [0.29, 0.717) is 44.9 Å². The highest BCUT2D eigenvalue weighted by Crippen LogP contribution is 2.38. The maximum atomic E-state index is 14.0. The van der Waals surface area contributed by atoms with Crippen LogP contribution in [0.25, 0.3) is 10.2 Å². The van der Waals surface area contributed by atoms with E-state index in [0.717, 1.165) is 4.70 Å². The number of hydrogen-bond donors (Lipinski definition) is 0. The minimum absolute atomic E-state index is 0.0324. The van der Waals surface area contributed by atoms with Gasteiger partial charge in [0.25, 0.3) is 15.9 Å². The number of nitrogens with zero attached hydrogens (tertiary/aromatic N) is 4. The van der Waals surface area contributed by atoms with Gasteiger partial charge in [0.15, 0.2) is 11.5 Å². The van der Waals surface area contributed by atoms with Gasteiger partial charge >= 0.3 is 0 Å². The summed E-state index contributed by atoms with van der Waals surface area (Å²) in [6, 6.07) is 23.2. The zero-order valence-corrected chi connectivity index (χ0v) is 26.8. The number of anilines is 2. The van der Waals surface area contributed by atoms with Crippen molar-refractivity contribution >= 4 is 54.5 Å². The zero-order valence-electron chi connectivity index (χ0n) is 25.1. The molecule has 11 nitrogen and oxygen atoms in total. The average Bonchev–Trinajstić information content (AvgIpc) is 3.50. The fourth-order valence-electron chi connectivity index (χ4n) is 4.43. The second kappa shape index (κ2) is 13.2. The van der Waals surface area contributed by atoms with Gasteiger partial charge in [-0.3, -0.25) is 9.10 Å². The molecule has 0 saturated heterocycles. The van der Waals surface area contributed by atoms with Gasteiger partial charge in [0.1, 0.15) is 5.75 Å². The molecule has 5 rings (SSSR count). The summed E-state index contributed by atoms with van der Waals surface area (Å²) in [6.45, 7) is 0. The molecular weight excluding hydrogens is 617 g/mol.